The summed E-state index contributed by atoms with van der Waals surface area (Å²) in [7, 11) is 0. The molecule has 0 fully saturated rings. The molecule has 1 unspecified atom stereocenters. The molecule has 1 atom stereocenters. The van der Waals surface area contributed by atoms with Crippen LogP contribution in [0.2, 0.25) is 0 Å². The number of aliphatic hydroxyl groups excluding tert-OH is 2. The van der Waals surface area contributed by atoms with Crippen molar-refractivity contribution in [3.05, 3.63) is 83.0 Å². The van der Waals surface area contributed by atoms with E-state index in [4.69, 9.17) is 24.2 Å². The Balaban J connectivity index is 1.65. The Labute approximate surface area is 216 Å². The lowest BCUT2D eigenvalue weighted by atomic mass is 9.94. The van der Waals surface area contributed by atoms with E-state index in [1.165, 1.54) is 0 Å². The van der Waals surface area contributed by atoms with Gasteiger partial charge in [-0.05, 0) is 11.6 Å². The highest BCUT2D eigenvalue weighted by atomic mass is 16.5. The van der Waals surface area contributed by atoms with E-state index in [1.54, 1.807) is 18.2 Å². The Hall–Kier alpha value is -3.57. The van der Waals surface area contributed by atoms with Crippen molar-refractivity contribution in [3.8, 4) is 0 Å². The lowest BCUT2D eigenvalue weighted by Gasteiger charge is -2.11. The van der Waals surface area contributed by atoms with Crippen molar-refractivity contribution in [1.82, 2.24) is 10.5 Å². The number of aromatic nitrogens is 1. The molecule has 0 aliphatic rings. The minimum atomic E-state index is -0.116. The summed E-state index contributed by atoms with van der Waals surface area (Å²) in [6.45, 7) is 4.00. The van der Waals surface area contributed by atoms with E-state index in [-0.39, 0.29) is 38.1 Å². The number of anilines is 1. The van der Waals surface area contributed by atoms with Crippen LogP contribution in [0.3, 0.4) is 0 Å². The Bertz CT molecular complexity index is 1120. The van der Waals surface area contributed by atoms with Crippen molar-refractivity contribution in [3.63, 3.8) is 0 Å². The molecule has 3 aromatic rings. The monoisotopic (exact) mass is 510 g/mol. The summed E-state index contributed by atoms with van der Waals surface area (Å²) in [5.41, 5.74) is 2.89. The van der Waals surface area contributed by atoms with E-state index in [1.807, 2.05) is 49.4 Å². The Morgan fingerprint density at radius 1 is 0.973 bits per heavy atom. The predicted octanol–water partition coefficient (Wildman–Crippen LogP) is 2.43. The second-order valence-corrected chi connectivity index (χ2v) is 8.11. The first-order valence-electron chi connectivity index (χ1n) is 12.2. The largest absolute Gasteiger partial charge is 0.394 e. The number of ether oxygens (including phenoxy) is 2. The first-order chi connectivity index (χ1) is 18.1. The van der Waals surface area contributed by atoms with Crippen LogP contribution in [0.1, 0.15) is 40.0 Å². The molecular formula is C27H34N4O6. The molecule has 1 heterocycles. The maximum absolute atomic E-state index is 12.9. The van der Waals surface area contributed by atoms with Gasteiger partial charge in [-0.15, -0.1) is 0 Å². The summed E-state index contributed by atoms with van der Waals surface area (Å²) in [6, 6.07) is 18.5. The van der Waals surface area contributed by atoms with Gasteiger partial charge in [0.1, 0.15) is 0 Å². The highest BCUT2D eigenvalue weighted by Crippen LogP contribution is 2.26. The lowest BCUT2D eigenvalue weighted by Crippen LogP contribution is -2.34. The highest BCUT2D eigenvalue weighted by molar-refractivity contribution is 6.09. The smallest absolute Gasteiger partial charge is 0.231 e. The average molecular weight is 511 g/mol. The van der Waals surface area contributed by atoms with E-state index in [9.17, 15) is 4.79 Å². The molecule has 0 radical (unpaired) electrons. The fourth-order valence-electron chi connectivity index (χ4n) is 3.48. The highest BCUT2D eigenvalue weighted by Gasteiger charge is 2.17. The number of hydrogen-bond acceptors (Lipinski definition) is 8. The number of aliphatic hydroxyl groups is 2. The summed E-state index contributed by atoms with van der Waals surface area (Å²) in [5.74, 6) is 0.702. The molecule has 1 aromatic heterocycles. The van der Waals surface area contributed by atoms with Crippen LogP contribution in [0, 0.1) is 0 Å². The number of guanidine groups is 1. The van der Waals surface area contributed by atoms with Crippen molar-refractivity contribution in [2.24, 2.45) is 4.99 Å². The van der Waals surface area contributed by atoms with E-state index in [0.29, 0.717) is 55.0 Å². The number of hydrogen-bond donors (Lipinski definition) is 4. The molecule has 0 amide bonds. The first kappa shape index (κ1) is 28.0. The van der Waals surface area contributed by atoms with Gasteiger partial charge in [0.2, 0.25) is 5.88 Å². The number of carbonyl (C=O) groups excluding carboxylic acids is 1. The fraction of sp³-hybridized carbons (Fsp3) is 0.370. The van der Waals surface area contributed by atoms with Gasteiger partial charge in [0.05, 0.1) is 51.9 Å². The maximum atomic E-state index is 12.9. The third-order valence-electron chi connectivity index (χ3n) is 5.41. The Kier molecular flexibility index (Phi) is 11.7. The SMILES string of the molecule is CC(c1cccc(C(=O)c2ccccc2)c1)c1cc(N/C(=N\CCOCCO)NCCOCCO)on1. The molecular weight excluding hydrogens is 476 g/mol. The molecule has 0 spiro atoms. The molecule has 198 valence electrons. The van der Waals surface area contributed by atoms with Gasteiger partial charge in [0, 0.05) is 29.7 Å². The summed E-state index contributed by atoms with van der Waals surface area (Å²) >= 11 is 0. The minimum Gasteiger partial charge on any atom is -0.394 e. The summed E-state index contributed by atoms with van der Waals surface area (Å²) < 4.78 is 16.0. The molecule has 3 rings (SSSR count). The summed E-state index contributed by atoms with van der Waals surface area (Å²) in [6.07, 6.45) is 0. The number of nitrogens with one attached hydrogen (secondary N) is 2. The fourth-order valence-corrected chi connectivity index (χ4v) is 3.48. The topological polar surface area (TPSA) is 138 Å². The van der Waals surface area contributed by atoms with Gasteiger partial charge in [-0.3, -0.25) is 15.1 Å². The zero-order valence-electron chi connectivity index (χ0n) is 20.9. The molecule has 10 nitrogen and oxygen atoms in total. The number of carbonyl (C=O) groups is 1. The summed E-state index contributed by atoms with van der Waals surface area (Å²) in [5, 5.41) is 28.1. The number of benzene rings is 2. The van der Waals surface area contributed by atoms with Crippen LogP contribution in [-0.2, 0) is 9.47 Å². The van der Waals surface area contributed by atoms with Crippen LogP contribution in [0.25, 0.3) is 0 Å². The van der Waals surface area contributed by atoms with Gasteiger partial charge in [-0.1, -0.05) is 60.6 Å². The summed E-state index contributed by atoms with van der Waals surface area (Å²) in [4.78, 5) is 17.3. The number of nitrogens with zero attached hydrogens (tertiary/aromatic N) is 2. The van der Waals surface area contributed by atoms with Gasteiger partial charge < -0.3 is 29.5 Å². The van der Waals surface area contributed by atoms with Crippen LogP contribution in [-0.4, -0.2) is 79.8 Å². The number of ketones is 1. The van der Waals surface area contributed by atoms with Gasteiger partial charge in [-0.25, -0.2) is 0 Å². The molecule has 4 N–H and O–H groups in total. The zero-order chi connectivity index (χ0) is 26.3. The van der Waals surface area contributed by atoms with E-state index in [0.717, 1.165) is 5.56 Å². The molecule has 2 aromatic carbocycles. The standard InChI is InChI=1S/C27H34N4O6/c1-20(22-8-5-9-23(18-22)26(34)21-6-3-2-4-7-21)24-19-25(37-31-24)30-27(28-10-14-35-16-12-32)29-11-15-36-17-13-33/h2-9,18-20,32-33H,10-17H2,1H3,(H2,28,29,30). The van der Waals surface area contributed by atoms with Crippen molar-refractivity contribution in [2.75, 3.05) is 58.0 Å². The lowest BCUT2D eigenvalue weighted by molar-refractivity contribution is 0.0955. The zero-order valence-corrected chi connectivity index (χ0v) is 20.9. The van der Waals surface area contributed by atoms with Crippen molar-refractivity contribution >= 4 is 17.6 Å². The van der Waals surface area contributed by atoms with Gasteiger partial charge >= 0.3 is 0 Å². The molecule has 0 aliphatic heterocycles. The van der Waals surface area contributed by atoms with Crippen molar-refractivity contribution < 1.29 is 29.0 Å². The van der Waals surface area contributed by atoms with Crippen LogP contribution < -0.4 is 10.6 Å². The van der Waals surface area contributed by atoms with Crippen LogP contribution in [0.15, 0.2) is 70.2 Å². The number of rotatable bonds is 15. The van der Waals surface area contributed by atoms with Crippen LogP contribution in [0.4, 0.5) is 5.88 Å². The van der Waals surface area contributed by atoms with Gasteiger partial charge in [0.25, 0.3) is 0 Å². The molecule has 0 aliphatic carbocycles. The quantitative estimate of drug-likeness (QED) is 0.105. The van der Waals surface area contributed by atoms with Gasteiger partial charge in [0.15, 0.2) is 11.7 Å². The van der Waals surface area contributed by atoms with Crippen LogP contribution >= 0.6 is 0 Å². The van der Waals surface area contributed by atoms with E-state index < -0.39 is 0 Å². The molecule has 0 bridgehead atoms. The molecule has 0 saturated carbocycles. The Morgan fingerprint density at radius 3 is 2.46 bits per heavy atom. The minimum absolute atomic E-state index is 0.0324. The van der Waals surface area contributed by atoms with Crippen molar-refractivity contribution in [1.29, 1.82) is 0 Å². The third-order valence-corrected chi connectivity index (χ3v) is 5.41. The van der Waals surface area contributed by atoms with Gasteiger partial charge in [-0.2, -0.15) is 0 Å². The Morgan fingerprint density at radius 2 is 1.70 bits per heavy atom. The van der Waals surface area contributed by atoms with E-state index in [2.05, 4.69) is 20.8 Å². The molecule has 10 heteroatoms. The molecule has 0 saturated heterocycles. The third kappa shape index (κ3) is 9.10. The average Bonchev–Trinajstić information content (AvgIpc) is 3.40. The second-order valence-electron chi connectivity index (χ2n) is 8.11. The maximum Gasteiger partial charge on any atom is 0.231 e. The van der Waals surface area contributed by atoms with Crippen molar-refractivity contribution in [2.45, 2.75) is 12.8 Å². The second kappa shape index (κ2) is 15.5. The first-order valence-corrected chi connectivity index (χ1v) is 12.2. The van der Waals surface area contributed by atoms with E-state index >= 15 is 0 Å². The number of aliphatic imine (C=N–C) groups is 1. The normalized spacial score (nSPS) is 12.4. The predicted molar refractivity (Wildman–Crippen MR) is 140 cm³/mol. The van der Waals surface area contributed by atoms with Crippen LogP contribution in [0.5, 0.6) is 0 Å². The molecule has 37 heavy (non-hydrogen) atoms.